The molecule has 4 aliphatic rings. The van der Waals surface area contributed by atoms with Crippen LogP contribution in [-0.2, 0) is 0 Å². The van der Waals surface area contributed by atoms with Crippen LogP contribution in [0.25, 0.3) is 0 Å². The molecule has 3 fully saturated rings. The van der Waals surface area contributed by atoms with Gasteiger partial charge in [0, 0.05) is 0 Å². The van der Waals surface area contributed by atoms with Gasteiger partial charge in [0.1, 0.15) is 0 Å². The topological polar surface area (TPSA) is 20.2 Å². The smallest absolute Gasteiger partial charge is 0.0543 e. The molecule has 0 saturated heterocycles. The molecule has 7 atom stereocenters. The molecule has 3 saturated carbocycles. The standard InChI is InChI=1S/C27H46O/c1-18(2)7-6-8-19(3)23-11-12-24-22-10-9-20-17-21(28)13-15-26(20,4)25(22)14-16-27(23,24)5/h18-21,23,25,28H,6-17H2,1-5H3/t19-,20+,21-,23-,25-,26+,27-/m1/s1. The van der Waals surface area contributed by atoms with Gasteiger partial charge in [-0.2, -0.15) is 0 Å². The molecule has 28 heavy (non-hydrogen) atoms. The monoisotopic (exact) mass is 386 g/mol. The van der Waals surface area contributed by atoms with Gasteiger partial charge >= 0.3 is 0 Å². The van der Waals surface area contributed by atoms with Gasteiger partial charge in [0.2, 0.25) is 0 Å². The first-order valence-electron chi connectivity index (χ1n) is 12.7. The second kappa shape index (κ2) is 7.75. The van der Waals surface area contributed by atoms with Crippen LogP contribution in [0, 0.1) is 40.4 Å². The molecular weight excluding hydrogens is 340 g/mol. The van der Waals surface area contributed by atoms with Gasteiger partial charge in [0.25, 0.3) is 0 Å². The van der Waals surface area contributed by atoms with Crippen molar-refractivity contribution in [3.05, 3.63) is 11.1 Å². The third kappa shape index (κ3) is 3.42. The van der Waals surface area contributed by atoms with Gasteiger partial charge in [-0.25, -0.2) is 0 Å². The van der Waals surface area contributed by atoms with Gasteiger partial charge in [-0.3, -0.25) is 0 Å². The summed E-state index contributed by atoms with van der Waals surface area (Å²) in [5.74, 6) is 4.25. The van der Waals surface area contributed by atoms with Crippen molar-refractivity contribution in [2.24, 2.45) is 40.4 Å². The fraction of sp³-hybridized carbons (Fsp3) is 0.926. The lowest BCUT2D eigenvalue weighted by molar-refractivity contribution is -0.0381. The summed E-state index contributed by atoms with van der Waals surface area (Å²) in [6.07, 6.45) is 16.0. The van der Waals surface area contributed by atoms with Crippen molar-refractivity contribution in [3.8, 4) is 0 Å². The zero-order chi connectivity index (χ0) is 20.1. The molecule has 0 amide bonds. The Hall–Kier alpha value is -0.300. The minimum absolute atomic E-state index is 0.0244. The van der Waals surface area contributed by atoms with E-state index in [2.05, 4.69) is 34.6 Å². The van der Waals surface area contributed by atoms with Crippen molar-refractivity contribution in [1.82, 2.24) is 0 Å². The van der Waals surface area contributed by atoms with Crippen LogP contribution in [0.5, 0.6) is 0 Å². The highest BCUT2D eigenvalue weighted by molar-refractivity contribution is 5.34. The Morgan fingerprint density at radius 1 is 0.964 bits per heavy atom. The van der Waals surface area contributed by atoms with E-state index >= 15 is 0 Å². The summed E-state index contributed by atoms with van der Waals surface area (Å²) in [7, 11) is 0. The van der Waals surface area contributed by atoms with Crippen molar-refractivity contribution in [2.75, 3.05) is 0 Å². The van der Waals surface area contributed by atoms with E-state index in [1.165, 1.54) is 64.2 Å². The maximum Gasteiger partial charge on any atom is 0.0543 e. The molecule has 1 heteroatoms. The quantitative estimate of drug-likeness (QED) is 0.484. The number of hydrogen-bond acceptors (Lipinski definition) is 1. The fourth-order valence-electron chi connectivity index (χ4n) is 8.47. The minimum atomic E-state index is -0.0244. The van der Waals surface area contributed by atoms with E-state index in [0.29, 0.717) is 10.8 Å². The molecule has 0 radical (unpaired) electrons. The van der Waals surface area contributed by atoms with Gasteiger partial charge in [-0.05, 0) is 98.2 Å². The summed E-state index contributed by atoms with van der Waals surface area (Å²) in [5.41, 5.74) is 4.82. The zero-order valence-corrected chi connectivity index (χ0v) is 19.4. The maximum atomic E-state index is 10.2. The summed E-state index contributed by atoms with van der Waals surface area (Å²) in [6, 6.07) is 0. The van der Waals surface area contributed by atoms with E-state index in [0.717, 1.165) is 42.4 Å². The highest BCUT2D eigenvalue weighted by Gasteiger charge is 2.55. The van der Waals surface area contributed by atoms with Crippen molar-refractivity contribution in [3.63, 3.8) is 0 Å². The summed E-state index contributed by atoms with van der Waals surface area (Å²) >= 11 is 0. The summed E-state index contributed by atoms with van der Waals surface area (Å²) in [4.78, 5) is 0. The van der Waals surface area contributed by atoms with Gasteiger partial charge < -0.3 is 5.11 Å². The van der Waals surface area contributed by atoms with Crippen LogP contribution in [0.2, 0.25) is 0 Å². The number of fused-ring (bicyclic) bond motifs is 4. The molecule has 0 bridgehead atoms. The molecule has 0 aromatic heterocycles. The predicted octanol–water partition coefficient (Wildman–Crippen LogP) is 7.53. The first-order valence-corrected chi connectivity index (χ1v) is 12.7. The van der Waals surface area contributed by atoms with Gasteiger partial charge in [0.05, 0.1) is 6.10 Å². The summed E-state index contributed by atoms with van der Waals surface area (Å²) in [5, 5.41) is 10.2. The molecule has 0 aromatic carbocycles. The number of hydrogen-bond donors (Lipinski definition) is 1. The van der Waals surface area contributed by atoms with E-state index in [9.17, 15) is 5.11 Å². The normalized spacial score (nSPS) is 44.2. The summed E-state index contributed by atoms with van der Waals surface area (Å²) < 4.78 is 0. The molecule has 0 spiro atoms. The molecule has 4 rings (SSSR count). The van der Waals surface area contributed by atoms with Crippen LogP contribution in [0.4, 0.5) is 0 Å². The van der Waals surface area contributed by atoms with Crippen molar-refractivity contribution in [2.45, 2.75) is 118 Å². The largest absolute Gasteiger partial charge is 0.393 e. The highest BCUT2D eigenvalue weighted by atomic mass is 16.3. The lowest BCUT2D eigenvalue weighted by Crippen LogP contribution is -2.48. The molecule has 0 heterocycles. The first-order chi connectivity index (χ1) is 13.3. The SMILES string of the molecule is CC(C)CCC[C@@H](C)[C@H]1CCC2=C3CC[C@H]4C[C@H](O)CC[C@]4(C)[C@@H]3CC[C@@]21C. The lowest BCUT2D eigenvalue weighted by Gasteiger charge is -2.56. The Morgan fingerprint density at radius 3 is 2.50 bits per heavy atom. The summed E-state index contributed by atoms with van der Waals surface area (Å²) in [6.45, 7) is 12.6. The average molecular weight is 387 g/mol. The van der Waals surface area contributed by atoms with E-state index in [1.807, 2.05) is 11.1 Å². The van der Waals surface area contributed by atoms with E-state index in [1.54, 1.807) is 0 Å². The molecule has 1 nitrogen and oxygen atoms in total. The number of allylic oxidation sites excluding steroid dienone is 2. The third-order valence-corrected chi connectivity index (χ3v) is 10.2. The highest BCUT2D eigenvalue weighted by Crippen LogP contribution is 2.65. The molecule has 0 unspecified atom stereocenters. The van der Waals surface area contributed by atoms with Crippen LogP contribution < -0.4 is 0 Å². The lowest BCUT2D eigenvalue weighted by atomic mass is 9.49. The molecule has 0 aromatic rings. The number of rotatable bonds is 5. The Morgan fingerprint density at radius 2 is 1.75 bits per heavy atom. The Kier molecular flexibility index (Phi) is 5.80. The molecule has 1 N–H and O–H groups in total. The van der Waals surface area contributed by atoms with Crippen molar-refractivity contribution >= 4 is 0 Å². The second-order valence-corrected chi connectivity index (χ2v) is 12.1. The van der Waals surface area contributed by atoms with Gasteiger partial charge in [0.15, 0.2) is 0 Å². The maximum absolute atomic E-state index is 10.2. The van der Waals surface area contributed by atoms with Crippen LogP contribution in [0.1, 0.15) is 112 Å². The van der Waals surface area contributed by atoms with Crippen LogP contribution in [0.3, 0.4) is 0 Å². The van der Waals surface area contributed by atoms with Crippen LogP contribution in [0.15, 0.2) is 11.1 Å². The van der Waals surface area contributed by atoms with Crippen molar-refractivity contribution < 1.29 is 5.11 Å². The van der Waals surface area contributed by atoms with E-state index < -0.39 is 0 Å². The van der Waals surface area contributed by atoms with Gasteiger partial charge in [-0.1, -0.05) is 65.0 Å². The predicted molar refractivity (Wildman–Crippen MR) is 119 cm³/mol. The third-order valence-electron chi connectivity index (χ3n) is 10.2. The van der Waals surface area contributed by atoms with Crippen LogP contribution in [-0.4, -0.2) is 11.2 Å². The first kappa shape index (κ1) is 21.0. The Balaban J connectivity index is 1.53. The zero-order valence-electron chi connectivity index (χ0n) is 19.4. The molecule has 160 valence electrons. The molecule has 0 aliphatic heterocycles. The van der Waals surface area contributed by atoms with E-state index in [-0.39, 0.29) is 6.10 Å². The van der Waals surface area contributed by atoms with Crippen LogP contribution >= 0.6 is 0 Å². The van der Waals surface area contributed by atoms with Crippen molar-refractivity contribution in [1.29, 1.82) is 0 Å². The molecular formula is C27H46O. The Bertz CT molecular complexity index is 603. The second-order valence-electron chi connectivity index (χ2n) is 12.1. The minimum Gasteiger partial charge on any atom is -0.393 e. The number of aliphatic hydroxyl groups excluding tert-OH is 1. The van der Waals surface area contributed by atoms with Gasteiger partial charge in [-0.15, -0.1) is 0 Å². The Labute approximate surface area is 174 Å². The number of aliphatic hydroxyl groups is 1. The fourth-order valence-corrected chi connectivity index (χ4v) is 8.47. The molecule has 4 aliphatic carbocycles. The average Bonchev–Trinajstić information content (AvgIpc) is 2.99. The van der Waals surface area contributed by atoms with E-state index in [4.69, 9.17) is 0 Å².